The number of nitrogens with one attached hydrogen (secondary N) is 1. The van der Waals surface area contributed by atoms with Crippen LogP contribution in [0.4, 0.5) is 4.79 Å². The highest BCUT2D eigenvalue weighted by Gasteiger charge is 2.18. The third-order valence-electron chi connectivity index (χ3n) is 2.04. The maximum absolute atomic E-state index is 11.1. The molecule has 1 aliphatic heterocycles. The van der Waals surface area contributed by atoms with Gasteiger partial charge in [-0.1, -0.05) is 0 Å². The summed E-state index contributed by atoms with van der Waals surface area (Å²) >= 11 is 0. The lowest BCUT2D eigenvalue weighted by molar-refractivity contribution is -0.125. The van der Waals surface area contributed by atoms with Crippen LogP contribution in [0.25, 0.3) is 0 Å². The van der Waals surface area contributed by atoms with Crippen molar-refractivity contribution in [3.63, 3.8) is 0 Å². The average Bonchev–Trinajstić information content (AvgIpc) is 2.07. The fraction of sp³-hybridized carbons (Fsp3) is 0.625. The molecular weight excluding hydrogens is 186 g/mol. The molecule has 0 aromatic rings. The second kappa shape index (κ2) is 4.71. The van der Waals surface area contributed by atoms with Crippen LogP contribution in [-0.2, 0) is 9.59 Å². The molecule has 0 aromatic heterocycles. The van der Waals surface area contributed by atoms with E-state index in [1.807, 2.05) is 10.2 Å². The van der Waals surface area contributed by atoms with Gasteiger partial charge in [0.15, 0.2) is 0 Å². The molecule has 3 N–H and O–H groups in total. The van der Waals surface area contributed by atoms with Crippen LogP contribution < -0.4 is 11.1 Å². The van der Waals surface area contributed by atoms with E-state index in [1.165, 1.54) is 0 Å². The first-order chi connectivity index (χ1) is 6.58. The first-order valence-corrected chi connectivity index (χ1v) is 4.41. The number of Topliss-reactive ketones (excluding diaryl/α,β-unsaturated/α-hetero) is 1. The van der Waals surface area contributed by atoms with Gasteiger partial charge in [-0.3, -0.25) is 19.8 Å². The minimum Gasteiger partial charge on any atom is -0.351 e. The lowest BCUT2D eigenvalue weighted by atomic mass is 10.1. The molecule has 0 bridgehead atoms. The topological polar surface area (TPSA) is 92.5 Å². The van der Waals surface area contributed by atoms with Gasteiger partial charge in [-0.2, -0.15) is 0 Å². The van der Waals surface area contributed by atoms with Crippen molar-refractivity contribution in [1.82, 2.24) is 10.2 Å². The normalized spacial score (nSPS) is 17.9. The molecular formula is C8H13N3O3. The number of hydrogen-bond donors (Lipinski definition) is 2. The SMILES string of the molecule is NC(=O)NC(=O)CN1CCC(=O)CC1. The highest BCUT2D eigenvalue weighted by molar-refractivity contribution is 5.94. The third kappa shape index (κ3) is 3.53. The van der Waals surface area contributed by atoms with Gasteiger partial charge in [0.25, 0.3) is 0 Å². The minimum absolute atomic E-state index is 0.121. The van der Waals surface area contributed by atoms with E-state index in [0.29, 0.717) is 25.9 Å². The van der Waals surface area contributed by atoms with Crippen molar-refractivity contribution in [3.05, 3.63) is 0 Å². The molecule has 1 fully saturated rings. The molecule has 0 unspecified atom stereocenters. The van der Waals surface area contributed by atoms with Crippen LogP contribution in [-0.4, -0.2) is 42.3 Å². The fourth-order valence-electron chi connectivity index (χ4n) is 1.34. The van der Waals surface area contributed by atoms with E-state index < -0.39 is 11.9 Å². The van der Waals surface area contributed by atoms with Crippen LogP contribution in [0.3, 0.4) is 0 Å². The Morgan fingerprint density at radius 2 is 1.93 bits per heavy atom. The van der Waals surface area contributed by atoms with Crippen LogP contribution >= 0.6 is 0 Å². The van der Waals surface area contributed by atoms with Crippen LogP contribution in [0, 0.1) is 0 Å². The Kier molecular flexibility index (Phi) is 3.58. The second-order valence-electron chi connectivity index (χ2n) is 3.23. The summed E-state index contributed by atoms with van der Waals surface area (Å²) in [6.45, 7) is 1.27. The summed E-state index contributed by atoms with van der Waals surface area (Å²) in [5, 5.41) is 1.97. The molecule has 14 heavy (non-hydrogen) atoms. The van der Waals surface area contributed by atoms with E-state index in [4.69, 9.17) is 5.73 Å². The summed E-state index contributed by atoms with van der Waals surface area (Å²) in [4.78, 5) is 34.1. The number of rotatable bonds is 2. The second-order valence-corrected chi connectivity index (χ2v) is 3.23. The standard InChI is InChI=1S/C8H13N3O3/c9-8(14)10-7(13)5-11-3-1-6(12)2-4-11/h1-5H2,(H3,9,10,13,14). The molecule has 1 saturated heterocycles. The van der Waals surface area contributed by atoms with Crippen molar-refractivity contribution < 1.29 is 14.4 Å². The highest BCUT2D eigenvalue weighted by Crippen LogP contribution is 2.04. The van der Waals surface area contributed by atoms with Gasteiger partial charge in [-0.25, -0.2) is 4.79 Å². The van der Waals surface area contributed by atoms with Crippen molar-refractivity contribution in [2.75, 3.05) is 19.6 Å². The molecule has 78 valence electrons. The largest absolute Gasteiger partial charge is 0.351 e. The molecule has 1 heterocycles. The number of piperidine rings is 1. The Morgan fingerprint density at radius 3 is 2.43 bits per heavy atom. The number of imide groups is 1. The first kappa shape index (κ1) is 10.6. The van der Waals surface area contributed by atoms with Gasteiger partial charge in [0.05, 0.1) is 6.54 Å². The van der Waals surface area contributed by atoms with Crippen LogP contribution in [0.5, 0.6) is 0 Å². The smallest absolute Gasteiger partial charge is 0.318 e. The van der Waals surface area contributed by atoms with Gasteiger partial charge in [0, 0.05) is 25.9 Å². The Morgan fingerprint density at radius 1 is 1.36 bits per heavy atom. The molecule has 0 spiro atoms. The number of urea groups is 1. The van der Waals surface area contributed by atoms with Crippen molar-refractivity contribution in [2.24, 2.45) is 5.73 Å². The maximum Gasteiger partial charge on any atom is 0.318 e. The molecule has 0 aliphatic carbocycles. The zero-order valence-corrected chi connectivity index (χ0v) is 7.78. The summed E-state index contributed by atoms with van der Waals surface area (Å²) in [6.07, 6.45) is 0.952. The number of nitrogens with two attached hydrogens (primary N) is 1. The zero-order valence-electron chi connectivity index (χ0n) is 7.78. The Labute approximate surface area is 81.4 Å². The van der Waals surface area contributed by atoms with E-state index in [-0.39, 0.29) is 12.3 Å². The molecule has 0 radical (unpaired) electrons. The van der Waals surface area contributed by atoms with E-state index in [9.17, 15) is 14.4 Å². The molecule has 1 aliphatic rings. The van der Waals surface area contributed by atoms with Gasteiger partial charge in [0.1, 0.15) is 5.78 Å². The van der Waals surface area contributed by atoms with Crippen LogP contribution in [0.15, 0.2) is 0 Å². The lowest BCUT2D eigenvalue weighted by Gasteiger charge is -2.24. The van der Waals surface area contributed by atoms with Crippen molar-refractivity contribution in [1.29, 1.82) is 0 Å². The molecule has 0 saturated carbocycles. The van der Waals surface area contributed by atoms with Crippen molar-refractivity contribution >= 4 is 17.7 Å². The number of nitrogens with zero attached hydrogens (tertiary/aromatic N) is 1. The third-order valence-corrected chi connectivity index (χ3v) is 2.04. The molecule has 6 heteroatoms. The molecule has 6 nitrogen and oxygen atoms in total. The summed E-state index contributed by atoms with van der Waals surface area (Å²) in [6, 6.07) is -0.844. The predicted octanol–water partition coefficient (Wildman–Crippen LogP) is -1.15. The zero-order chi connectivity index (χ0) is 10.6. The highest BCUT2D eigenvalue weighted by atomic mass is 16.2. The summed E-state index contributed by atoms with van der Waals surface area (Å²) in [7, 11) is 0. The number of carbonyl (C=O) groups is 3. The number of likely N-dealkylation sites (tertiary alicyclic amines) is 1. The maximum atomic E-state index is 11.1. The van der Waals surface area contributed by atoms with E-state index in [2.05, 4.69) is 0 Å². The van der Waals surface area contributed by atoms with Gasteiger partial charge >= 0.3 is 6.03 Å². The van der Waals surface area contributed by atoms with Gasteiger partial charge < -0.3 is 5.73 Å². The van der Waals surface area contributed by atoms with E-state index in [0.717, 1.165) is 0 Å². The Balaban J connectivity index is 2.27. The summed E-state index contributed by atoms with van der Waals surface area (Å²) in [5.41, 5.74) is 4.78. The fourth-order valence-corrected chi connectivity index (χ4v) is 1.34. The minimum atomic E-state index is -0.844. The Bertz CT molecular complexity index is 255. The number of hydrogen-bond acceptors (Lipinski definition) is 4. The summed E-state index contributed by atoms with van der Waals surface area (Å²) in [5.74, 6) is -0.205. The average molecular weight is 199 g/mol. The van der Waals surface area contributed by atoms with Crippen molar-refractivity contribution in [3.8, 4) is 0 Å². The molecule has 0 aromatic carbocycles. The number of amides is 3. The van der Waals surface area contributed by atoms with E-state index in [1.54, 1.807) is 0 Å². The number of ketones is 1. The predicted molar refractivity (Wildman–Crippen MR) is 48.4 cm³/mol. The number of primary amides is 1. The first-order valence-electron chi connectivity index (χ1n) is 4.41. The van der Waals surface area contributed by atoms with Gasteiger partial charge in [0.2, 0.25) is 5.91 Å². The monoisotopic (exact) mass is 199 g/mol. The van der Waals surface area contributed by atoms with Crippen LogP contribution in [0.2, 0.25) is 0 Å². The van der Waals surface area contributed by atoms with E-state index >= 15 is 0 Å². The Hall–Kier alpha value is -1.43. The van der Waals surface area contributed by atoms with Gasteiger partial charge in [-0.05, 0) is 0 Å². The molecule has 0 atom stereocenters. The van der Waals surface area contributed by atoms with Crippen molar-refractivity contribution in [2.45, 2.75) is 12.8 Å². The summed E-state index contributed by atoms with van der Waals surface area (Å²) < 4.78 is 0. The quantitative estimate of drug-likeness (QED) is 0.587. The number of carbonyl (C=O) groups excluding carboxylic acids is 3. The van der Waals surface area contributed by atoms with Gasteiger partial charge in [-0.15, -0.1) is 0 Å². The molecule has 3 amide bonds. The molecule has 1 rings (SSSR count). The van der Waals surface area contributed by atoms with Crippen LogP contribution in [0.1, 0.15) is 12.8 Å². The lowest BCUT2D eigenvalue weighted by Crippen LogP contribution is -2.44.